The summed E-state index contributed by atoms with van der Waals surface area (Å²) in [6.07, 6.45) is 3.02. The van der Waals surface area contributed by atoms with E-state index in [2.05, 4.69) is 10.6 Å². The molecule has 0 aliphatic carbocycles. The van der Waals surface area contributed by atoms with Crippen molar-refractivity contribution in [1.29, 1.82) is 0 Å². The van der Waals surface area contributed by atoms with Crippen molar-refractivity contribution in [3.8, 4) is 0 Å². The maximum absolute atomic E-state index is 13.3. The van der Waals surface area contributed by atoms with E-state index in [-0.39, 0.29) is 12.5 Å². The minimum atomic E-state index is -1.60. The molecular weight excluding hydrogens is 440 g/mol. The average Bonchev–Trinajstić information content (AvgIpc) is 3.23. The van der Waals surface area contributed by atoms with Crippen molar-refractivity contribution >= 4 is 41.4 Å². The van der Waals surface area contributed by atoms with E-state index < -0.39 is 60.2 Å². The summed E-state index contributed by atoms with van der Waals surface area (Å²) in [6.45, 7) is 3.96. The lowest BCUT2D eigenvalue weighted by Crippen LogP contribution is -2.58. The Labute approximate surface area is 191 Å². The van der Waals surface area contributed by atoms with E-state index in [0.717, 1.165) is 0 Å². The first-order valence-corrected chi connectivity index (χ1v) is 12.0. The molecule has 12 heteroatoms. The largest absolute Gasteiger partial charge is 0.481 e. The molecule has 32 heavy (non-hydrogen) atoms. The number of carbonyl (C=O) groups is 5. The second kappa shape index (κ2) is 13.3. The Bertz CT molecular complexity index is 705. The second-order valence-corrected chi connectivity index (χ2v) is 8.93. The molecule has 182 valence electrons. The zero-order valence-electron chi connectivity index (χ0n) is 18.7. The standard InChI is InChI=1S/C20H34N4O7S/c1-4-11(2)16(23-17(27)12(21)7-9-32-3)19(29)24-8-5-6-14(24)18(28)22-13(20(30)31)10-15(25)26/h11-14,16H,4-10,21H2,1-3H3,(H,22,28)(H,23,27)(H,25,26)(H,30,31). The van der Waals surface area contributed by atoms with Crippen LogP contribution in [0.5, 0.6) is 0 Å². The zero-order chi connectivity index (χ0) is 24.4. The van der Waals surface area contributed by atoms with Gasteiger partial charge in [0.15, 0.2) is 0 Å². The Morgan fingerprint density at radius 1 is 1.19 bits per heavy atom. The molecule has 1 rings (SSSR count). The molecule has 0 aromatic carbocycles. The number of nitrogens with one attached hydrogen (secondary N) is 2. The highest BCUT2D eigenvalue weighted by Crippen LogP contribution is 2.22. The van der Waals surface area contributed by atoms with Gasteiger partial charge in [0, 0.05) is 6.54 Å². The molecule has 11 nitrogen and oxygen atoms in total. The van der Waals surface area contributed by atoms with E-state index in [1.165, 1.54) is 4.90 Å². The van der Waals surface area contributed by atoms with Crippen LogP contribution in [0.2, 0.25) is 0 Å². The normalized spacial score (nSPS) is 19.5. The molecule has 5 unspecified atom stereocenters. The Balaban J connectivity index is 2.96. The molecule has 0 spiro atoms. The molecule has 1 aliphatic heterocycles. The number of carbonyl (C=O) groups excluding carboxylic acids is 3. The minimum Gasteiger partial charge on any atom is -0.481 e. The average molecular weight is 475 g/mol. The molecule has 1 fully saturated rings. The van der Waals surface area contributed by atoms with Crippen LogP contribution in [0, 0.1) is 5.92 Å². The third-order valence-electron chi connectivity index (χ3n) is 5.58. The highest BCUT2D eigenvalue weighted by Gasteiger charge is 2.40. The first-order valence-electron chi connectivity index (χ1n) is 10.6. The van der Waals surface area contributed by atoms with Crippen LogP contribution in [0.4, 0.5) is 0 Å². The summed E-state index contributed by atoms with van der Waals surface area (Å²) in [6, 6.07) is -4.17. The van der Waals surface area contributed by atoms with Crippen molar-refractivity contribution in [3.63, 3.8) is 0 Å². The molecule has 0 aromatic heterocycles. The smallest absolute Gasteiger partial charge is 0.326 e. The van der Waals surface area contributed by atoms with Crippen molar-refractivity contribution in [3.05, 3.63) is 0 Å². The van der Waals surface area contributed by atoms with Gasteiger partial charge in [0.1, 0.15) is 18.1 Å². The number of hydrogen-bond acceptors (Lipinski definition) is 7. The van der Waals surface area contributed by atoms with Crippen molar-refractivity contribution < 1.29 is 34.2 Å². The molecule has 1 heterocycles. The topological polar surface area (TPSA) is 179 Å². The van der Waals surface area contributed by atoms with Gasteiger partial charge in [0.25, 0.3) is 0 Å². The summed E-state index contributed by atoms with van der Waals surface area (Å²) in [5, 5.41) is 23.0. The van der Waals surface area contributed by atoms with Crippen molar-refractivity contribution in [2.45, 2.75) is 70.1 Å². The molecular formula is C20H34N4O7S. The molecule has 0 saturated carbocycles. The van der Waals surface area contributed by atoms with Gasteiger partial charge in [-0.1, -0.05) is 20.3 Å². The number of carboxylic acids is 2. The summed E-state index contributed by atoms with van der Waals surface area (Å²) in [4.78, 5) is 62.0. The van der Waals surface area contributed by atoms with E-state index in [1.807, 2.05) is 20.1 Å². The summed E-state index contributed by atoms with van der Waals surface area (Å²) >= 11 is 1.56. The number of carboxylic acid groups (broad SMARTS) is 2. The predicted octanol–water partition coefficient (Wildman–Crippen LogP) is -0.367. The Hall–Kier alpha value is -2.34. The number of likely N-dealkylation sites (tertiary alicyclic amines) is 1. The van der Waals surface area contributed by atoms with Crippen LogP contribution < -0.4 is 16.4 Å². The Kier molecular flexibility index (Phi) is 11.5. The Morgan fingerprint density at radius 2 is 1.84 bits per heavy atom. The fourth-order valence-electron chi connectivity index (χ4n) is 3.44. The van der Waals surface area contributed by atoms with Gasteiger partial charge < -0.3 is 31.5 Å². The first kappa shape index (κ1) is 27.7. The van der Waals surface area contributed by atoms with E-state index in [4.69, 9.17) is 10.8 Å². The first-order chi connectivity index (χ1) is 15.0. The monoisotopic (exact) mass is 474 g/mol. The van der Waals surface area contributed by atoms with Gasteiger partial charge in [0.05, 0.1) is 12.5 Å². The van der Waals surface area contributed by atoms with Gasteiger partial charge in [-0.3, -0.25) is 19.2 Å². The number of rotatable bonds is 13. The van der Waals surface area contributed by atoms with Gasteiger partial charge in [-0.05, 0) is 37.2 Å². The summed E-state index contributed by atoms with van der Waals surface area (Å²) in [5.74, 6) is -3.96. The van der Waals surface area contributed by atoms with Crippen LogP contribution in [0.3, 0.4) is 0 Å². The quantitative estimate of drug-likeness (QED) is 0.238. The Morgan fingerprint density at radius 3 is 2.38 bits per heavy atom. The van der Waals surface area contributed by atoms with Crippen LogP contribution in [0.15, 0.2) is 0 Å². The van der Waals surface area contributed by atoms with E-state index in [1.54, 1.807) is 11.8 Å². The lowest BCUT2D eigenvalue weighted by molar-refractivity contribution is -0.148. The van der Waals surface area contributed by atoms with Gasteiger partial charge in [-0.25, -0.2) is 4.79 Å². The van der Waals surface area contributed by atoms with Crippen LogP contribution in [0.25, 0.3) is 0 Å². The van der Waals surface area contributed by atoms with Crippen LogP contribution in [-0.2, 0) is 24.0 Å². The van der Waals surface area contributed by atoms with Gasteiger partial charge in [-0.15, -0.1) is 0 Å². The maximum Gasteiger partial charge on any atom is 0.326 e. The number of nitrogens with zero attached hydrogens (tertiary/aromatic N) is 1. The van der Waals surface area contributed by atoms with Gasteiger partial charge in [-0.2, -0.15) is 11.8 Å². The van der Waals surface area contributed by atoms with Crippen LogP contribution >= 0.6 is 11.8 Å². The fourth-order valence-corrected chi connectivity index (χ4v) is 3.93. The molecule has 0 aromatic rings. The van der Waals surface area contributed by atoms with E-state index in [9.17, 15) is 29.1 Å². The maximum atomic E-state index is 13.3. The van der Waals surface area contributed by atoms with Crippen LogP contribution in [0.1, 0.15) is 46.0 Å². The summed E-state index contributed by atoms with van der Waals surface area (Å²) in [7, 11) is 0. The third-order valence-corrected chi connectivity index (χ3v) is 6.22. The molecule has 1 aliphatic rings. The number of hydrogen-bond donors (Lipinski definition) is 5. The van der Waals surface area contributed by atoms with Gasteiger partial charge in [0.2, 0.25) is 17.7 Å². The number of amides is 3. The second-order valence-electron chi connectivity index (χ2n) is 7.95. The molecule has 3 amide bonds. The molecule has 1 saturated heterocycles. The lowest BCUT2D eigenvalue weighted by atomic mass is 9.96. The number of aliphatic carboxylic acids is 2. The minimum absolute atomic E-state index is 0.220. The van der Waals surface area contributed by atoms with E-state index in [0.29, 0.717) is 31.4 Å². The molecule has 0 radical (unpaired) electrons. The predicted molar refractivity (Wildman–Crippen MR) is 119 cm³/mol. The molecule has 6 N–H and O–H groups in total. The fraction of sp³-hybridized carbons (Fsp3) is 0.750. The molecule has 5 atom stereocenters. The third kappa shape index (κ3) is 7.97. The van der Waals surface area contributed by atoms with Crippen LogP contribution in [-0.4, -0.2) is 87.5 Å². The zero-order valence-corrected chi connectivity index (χ0v) is 19.5. The lowest BCUT2D eigenvalue weighted by Gasteiger charge is -2.32. The highest BCUT2D eigenvalue weighted by molar-refractivity contribution is 7.98. The van der Waals surface area contributed by atoms with Crippen molar-refractivity contribution in [2.24, 2.45) is 11.7 Å². The SMILES string of the molecule is CCC(C)C(NC(=O)C(N)CCSC)C(=O)N1CCCC1C(=O)NC(CC(=O)O)C(=O)O. The van der Waals surface area contributed by atoms with E-state index >= 15 is 0 Å². The van der Waals surface area contributed by atoms with Crippen molar-refractivity contribution in [2.75, 3.05) is 18.6 Å². The molecule has 0 bridgehead atoms. The summed E-state index contributed by atoms with van der Waals surface area (Å²) < 4.78 is 0. The summed E-state index contributed by atoms with van der Waals surface area (Å²) in [5.41, 5.74) is 5.93. The van der Waals surface area contributed by atoms with Gasteiger partial charge >= 0.3 is 11.9 Å². The number of nitrogens with two attached hydrogens (primary N) is 1. The van der Waals surface area contributed by atoms with Crippen molar-refractivity contribution in [1.82, 2.24) is 15.5 Å². The highest BCUT2D eigenvalue weighted by atomic mass is 32.2. The number of thioether (sulfide) groups is 1.